The molecule has 0 aliphatic carbocycles. The van der Waals surface area contributed by atoms with E-state index >= 15 is 0 Å². The molecule has 0 fully saturated rings. The lowest BCUT2D eigenvalue weighted by molar-refractivity contribution is 0.305. The molecule has 0 aliphatic heterocycles. The first-order chi connectivity index (χ1) is 6.41. The summed E-state index contributed by atoms with van der Waals surface area (Å²) in [5.41, 5.74) is 0. The second-order valence-electron chi connectivity index (χ2n) is 6.10. The van der Waals surface area contributed by atoms with Gasteiger partial charge in [-0.05, 0) is 36.5 Å². The first-order valence-electron chi connectivity index (χ1n) is 6.41. The van der Waals surface area contributed by atoms with E-state index in [1.165, 1.54) is 25.7 Å². The Morgan fingerprint density at radius 2 is 1.00 bits per heavy atom. The Balaban J connectivity index is 3.84. The molecule has 0 spiro atoms. The molecule has 0 nitrogen and oxygen atoms in total. The summed E-state index contributed by atoms with van der Waals surface area (Å²) in [6, 6.07) is 0. The van der Waals surface area contributed by atoms with E-state index in [1.807, 2.05) is 0 Å². The van der Waals surface area contributed by atoms with Crippen LogP contribution in [0.25, 0.3) is 0 Å². The van der Waals surface area contributed by atoms with Crippen LogP contribution in [0.15, 0.2) is 0 Å². The highest BCUT2D eigenvalue weighted by Crippen LogP contribution is 2.25. The lowest BCUT2D eigenvalue weighted by Crippen LogP contribution is -2.09. The summed E-state index contributed by atoms with van der Waals surface area (Å²) in [7, 11) is 0. The number of hydrogen-bond donors (Lipinski definition) is 0. The quantitative estimate of drug-likeness (QED) is 0.532. The van der Waals surface area contributed by atoms with E-state index in [0.717, 1.165) is 23.7 Å². The second-order valence-corrected chi connectivity index (χ2v) is 6.10. The van der Waals surface area contributed by atoms with Crippen molar-refractivity contribution in [2.45, 2.75) is 67.2 Å². The van der Waals surface area contributed by atoms with Gasteiger partial charge in [0.05, 0.1) is 0 Å². The van der Waals surface area contributed by atoms with E-state index in [4.69, 9.17) is 0 Å². The highest BCUT2D eigenvalue weighted by Gasteiger charge is 2.13. The van der Waals surface area contributed by atoms with Crippen LogP contribution in [-0.4, -0.2) is 0 Å². The van der Waals surface area contributed by atoms with Crippen LogP contribution in [0.1, 0.15) is 67.2 Å². The lowest BCUT2D eigenvalue weighted by atomic mass is 9.85. The first kappa shape index (κ1) is 14.0. The van der Waals surface area contributed by atoms with Crippen LogP contribution in [0.5, 0.6) is 0 Å². The van der Waals surface area contributed by atoms with Crippen LogP contribution in [0, 0.1) is 23.7 Å². The van der Waals surface area contributed by atoms with Gasteiger partial charge in [-0.25, -0.2) is 0 Å². The predicted molar refractivity (Wildman–Crippen MR) is 66.5 cm³/mol. The Morgan fingerprint density at radius 3 is 1.29 bits per heavy atom. The van der Waals surface area contributed by atoms with Gasteiger partial charge in [0, 0.05) is 0 Å². The minimum Gasteiger partial charge on any atom is -0.0628 e. The molecule has 0 rings (SSSR count). The standard InChI is InChI=1S/C14H30/c1-11(2)7-8-14(9-12(3)4)10-13(5)6/h11-14H,7-10H2,1-6H3. The summed E-state index contributed by atoms with van der Waals surface area (Å²) >= 11 is 0. The van der Waals surface area contributed by atoms with Gasteiger partial charge >= 0.3 is 0 Å². The monoisotopic (exact) mass is 198 g/mol. The summed E-state index contributed by atoms with van der Waals surface area (Å²) in [4.78, 5) is 0. The summed E-state index contributed by atoms with van der Waals surface area (Å²) in [5.74, 6) is 3.58. The van der Waals surface area contributed by atoms with Crippen LogP contribution in [0.3, 0.4) is 0 Å². The summed E-state index contributed by atoms with van der Waals surface area (Å²) < 4.78 is 0. The van der Waals surface area contributed by atoms with E-state index in [0.29, 0.717) is 0 Å². The SMILES string of the molecule is CC(C)CCC(CC(C)C)CC(C)C. The predicted octanol–water partition coefficient (Wildman–Crippen LogP) is 5.13. The maximum atomic E-state index is 2.35. The molecular weight excluding hydrogens is 168 g/mol. The third-order valence-electron chi connectivity index (χ3n) is 2.76. The van der Waals surface area contributed by atoms with E-state index in [9.17, 15) is 0 Å². The molecule has 14 heavy (non-hydrogen) atoms. The molecule has 0 aliphatic rings. The van der Waals surface area contributed by atoms with E-state index in [2.05, 4.69) is 41.5 Å². The van der Waals surface area contributed by atoms with Crippen LogP contribution >= 0.6 is 0 Å². The Hall–Kier alpha value is 0. The zero-order valence-corrected chi connectivity index (χ0v) is 11.1. The molecule has 0 amide bonds. The summed E-state index contributed by atoms with van der Waals surface area (Å²) in [6.07, 6.45) is 5.69. The molecule has 0 saturated carbocycles. The highest BCUT2D eigenvalue weighted by molar-refractivity contribution is 4.65. The number of rotatable bonds is 7. The smallest absolute Gasteiger partial charge is 0.0409 e. The molecule has 0 radical (unpaired) electrons. The van der Waals surface area contributed by atoms with Gasteiger partial charge in [-0.3, -0.25) is 0 Å². The van der Waals surface area contributed by atoms with E-state index in [-0.39, 0.29) is 0 Å². The lowest BCUT2D eigenvalue weighted by Gasteiger charge is -2.21. The molecular formula is C14H30. The molecule has 0 aromatic heterocycles. The fourth-order valence-corrected chi connectivity index (χ4v) is 2.23. The van der Waals surface area contributed by atoms with Crippen LogP contribution in [0.2, 0.25) is 0 Å². The Labute approximate surface area is 91.5 Å². The Morgan fingerprint density at radius 1 is 0.571 bits per heavy atom. The van der Waals surface area contributed by atoms with Crippen LogP contribution in [0.4, 0.5) is 0 Å². The van der Waals surface area contributed by atoms with Gasteiger partial charge in [0.1, 0.15) is 0 Å². The summed E-state index contributed by atoms with van der Waals surface area (Å²) in [5, 5.41) is 0. The van der Waals surface area contributed by atoms with Crippen molar-refractivity contribution in [2.75, 3.05) is 0 Å². The van der Waals surface area contributed by atoms with Gasteiger partial charge in [0.15, 0.2) is 0 Å². The van der Waals surface area contributed by atoms with Crippen LogP contribution < -0.4 is 0 Å². The van der Waals surface area contributed by atoms with Crippen molar-refractivity contribution < 1.29 is 0 Å². The molecule has 0 heteroatoms. The first-order valence-corrected chi connectivity index (χ1v) is 6.41. The topological polar surface area (TPSA) is 0 Å². The molecule has 86 valence electrons. The maximum absolute atomic E-state index is 2.35. The molecule has 0 bridgehead atoms. The van der Waals surface area contributed by atoms with Crippen molar-refractivity contribution in [1.82, 2.24) is 0 Å². The molecule has 0 heterocycles. The minimum atomic E-state index is 0.867. The molecule has 0 atom stereocenters. The van der Waals surface area contributed by atoms with Gasteiger partial charge in [0.25, 0.3) is 0 Å². The zero-order valence-electron chi connectivity index (χ0n) is 11.1. The Kier molecular flexibility index (Phi) is 7.31. The Bertz CT molecular complexity index is 112. The van der Waals surface area contributed by atoms with Gasteiger partial charge < -0.3 is 0 Å². The minimum absolute atomic E-state index is 0.867. The van der Waals surface area contributed by atoms with Gasteiger partial charge in [-0.1, -0.05) is 54.4 Å². The number of hydrogen-bond acceptors (Lipinski definition) is 0. The molecule has 0 aromatic carbocycles. The van der Waals surface area contributed by atoms with E-state index in [1.54, 1.807) is 0 Å². The molecule has 0 aromatic rings. The molecule has 0 N–H and O–H groups in total. The third-order valence-corrected chi connectivity index (χ3v) is 2.76. The van der Waals surface area contributed by atoms with Crippen LogP contribution in [-0.2, 0) is 0 Å². The van der Waals surface area contributed by atoms with Gasteiger partial charge in [-0.2, -0.15) is 0 Å². The van der Waals surface area contributed by atoms with Gasteiger partial charge in [-0.15, -0.1) is 0 Å². The largest absolute Gasteiger partial charge is 0.0628 e. The van der Waals surface area contributed by atoms with Crippen molar-refractivity contribution in [3.8, 4) is 0 Å². The highest BCUT2D eigenvalue weighted by atomic mass is 14.2. The van der Waals surface area contributed by atoms with Crippen molar-refractivity contribution >= 4 is 0 Å². The van der Waals surface area contributed by atoms with Crippen molar-refractivity contribution in [1.29, 1.82) is 0 Å². The van der Waals surface area contributed by atoms with Crippen molar-refractivity contribution in [3.63, 3.8) is 0 Å². The zero-order chi connectivity index (χ0) is 11.1. The third kappa shape index (κ3) is 8.59. The average Bonchev–Trinajstić information content (AvgIpc) is 1.97. The van der Waals surface area contributed by atoms with Gasteiger partial charge in [0.2, 0.25) is 0 Å². The fraction of sp³-hybridized carbons (Fsp3) is 1.00. The normalized spacial score (nSPS) is 12.4. The van der Waals surface area contributed by atoms with Crippen molar-refractivity contribution in [2.24, 2.45) is 23.7 Å². The molecule has 0 unspecified atom stereocenters. The maximum Gasteiger partial charge on any atom is -0.0409 e. The van der Waals surface area contributed by atoms with E-state index < -0.39 is 0 Å². The second kappa shape index (κ2) is 7.31. The van der Waals surface area contributed by atoms with Crippen molar-refractivity contribution in [3.05, 3.63) is 0 Å². The average molecular weight is 198 g/mol. The summed E-state index contributed by atoms with van der Waals surface area (Å²) in [6.45, 7) is 14.1. The molecule has 0 saturated heterocycles. The fourth-order valence-electron chi connectivity index (χ4n) is 2.23.